The van der Waals surface area contributed by atoms with Gasteiger partial charge in [0.15, 0.2) is 0 Å². The van der Waals surface area contributed by atoms with Gasteiger partial charge in [-0.05, 0) is 17.5 Å². The summed E-state index contributed by atoms with van der Waals surface area (Å²) in [6.45, 7) is 4.44. The van der Waals surface area contributed by atoms with Gasteiger partial charge in [-0.1, -0.05) is 44.2 Å². The lowest BCUT2D eigenvalue weighted by Crippen LogP contribution is -2.34. The highest BCUT2D eigenvalue weighted by molar-refractivity contribution is 7.19. The Bertz CT molecular complexity index is 888. The molecule has 0 atom stereocenters. The lowest BCUT2D eigenvalue weighted by Gasteiger charge is -2.04. The van der Waals surface area contributed by atoms with E-state index in [0.717, 1.165) is 10.4 Å². The lowest BCUT2D eigenvalue weighted by molar-refractivity contribution is 0.713. The molecule has 0 saturated carbocycles. The van der Waals surface area contributed by atoms with E-state index in [2.05, 4.69) is 18.8 Å². The fourth-order valence-electron chi connectivity index (χ4n) is 2.25. The number of nitrogens with one attached hydrogen (secondary N) is 1. The maximum atomic E-state index is 12.5. The smallest absolute Gasteiger partial charge is 0.306 e. The zero-order valence-corrected chi connectivity index (χ0v) is 12.7. The van der Waals surface area contributed by atoms with Crippen molar-refractivity contribution in [1.29, 1.82) is 0 Å². The van der Waals surface area contributed by atoms with Crippen LogP contribution in [0, 0.1) is 0 Å². The average molecular weight is 300 g/mol. The third-order valence-corrected chi connectivity index (χ3v) is 4.85. The zero-order chi connectivity index (χ0) is 15.0. The molecule has 0 saturated heterocycles. The van der Waals surface area contributed by atoms with Crippen LogP contribution < -0.4 is 11.2 Å². The number of H-pyrrole nitrogens is 1. The third kappa shape index (κ3) is 2.56. The second-order valence-corrected chi connectivity index (χ2v) is 6.44. The molecule has 0 aliphatic heterocycles. The van der Waals surface area contributed by atoms with Crippen molar-refractivity contribution in [3.05, 3.63) is 67.7 Å². The minimum atomic E-state index is -0.357. The van der Waals surface area contributed by atoms with Crippen molar-refractivity contribution in [3.63, 3.8) is 0 Å². The normalized spacial score (nSPS) is 11.4. The highest BCUT2D eigenvalue weighted by Gasteiger charge is 2.13. The fourth-order valence-corrected chi connectivity index (χ4v) is 3.32. The van der Waals surface area contributed by atoms with Gasteiger partial charge in [0, 0.05) is 4.88 Å². The number of aromatic nitrogens is 2. The molecule has 1 aromatic carbocycles. The highest BCUT2D eigenvalue weighted by atomic mass is 32.1. The Hall–Kier alpha value is -2.14. The largest absolute Gasteiger partial charge is 0.329 e. The summed E-state index contributed by atoms with van der Waals surface area (Å²) in [4.78, 5) is 28.6. The van der Waals surface area contributed by atoms with Crippen LogP contribution in [-0.2, 0) is 6.54 Å². The maximum absolute atomic E-state index is 12.5. The Morgan fingerprint density at radius 2 is 1.90 bits per heavy atom. The van der Waals surface area contributed by atoms with Gasteiger partial charge in [-0.25, -0.2) is 4.79 Å². The predicted molar refractivity (Wildman–Crippen MR) is 86.3 cm³/mol. The summed E-state index contributed by atoms with van der Waals surface area (Å²) in [6.07, 6.45) is 0. The van der Waals surface area contributed by atoms with Gasteiger partial charge in [-0.15, -0.1) is 11.3 Å². The molecule has 3 aromatic rings. The molecular weight excluding hydrogens is 284 g/mol. The molecule has 108 valence electrons. The number of aromatic amines is 1. The van der Waals surface area contributed by atoms with Crippen LogP contribution in [0.3, 0.4) is 0 Å². The van der Waals surface area contributed by atoms with Crippen molar-refractivity contribution in [3.8, 4) is 0 Å². The van der Waals surface area contributed by atoms with E-state index in [-0.39, 0.29) is 11.2 Å². The molecule has 0 spiro atoms. The van der Waals surface area contributed by atoms with Crippen LogP contribution in [0.4, 0.5) is 0 Å². The van der Waals surface area contributed by atoms with Gasteiger partial charge in [0.05, 0.1) is 12.1 Å². The van der Waals surface area contributed by atoms with E-state index >= 15 is 0 Å². The van der Waals surface area contributed by atoms with E-state index in [1.807, 2.05) is 36.4 Å². The molecule has 4 nitrogen and oxygen atoms in total. The first kappa shape index (κ1) is 13.8. The van der Waals surface area contributed by atoms with Gasteiger partial charge in [0.25, 0.3) is 5.56 Å². The van der Waals surface area contributed by atoms with Crippen LogP contribution in [-0.4, -0.2) is 9.55 Å². The summed E-state index contributed by atoms with van der Waals surface area (Å²) >= 11 is 1.46. The highest BCUT2D eigenvalue weighted by Crippen LogP contribution is 2.26. The standard InChI is InChI=1S/C16H16N2O2S/c1-10(2)13-8-12-14(21-13)15(19)18(16(20)17-12)9-11-6-4-3-5-7-11/h3-8,10H,9H2,1-2H3,(H,17,20). The number of benzene rings is 1. The second-order valence-electron chi connectivity index (χ2n) is 5.35. The summed E-state index contributed by atoms with van der Waals surface area (Å²) in [7, 11) is 0. The molecule has 0 bridgehead atoms. The lowest BCUT2D eigenvalue weighted by atomic mass is 10.2. The third-order valence-electron chi connectivity index (χ3n) is 3.43. The Kier molecular flexibility index (Phi) is 3.51. The maximum Gasteiger partial charge on any atom is 0.329 e. The Balaban J connectivity index is 2.15. The molecule has 0 aliphatic rings. The van der Waals surface area contributed by atoms with Crippen molar-refractivity contribution >= 4 is 21.6 Å². The van der Waals surface area contributed by atoms with E-state index in [1.54, 1.807) is 0 Å². The molecular formula is C16H16N2O2S. The van der Waals surface area contributed by atoms with Crippen LogP contribution in [0.1, 0.15) is 30.2 Å². The van der Waals surface area contributed by atoms with Crippen LogP contribution >= 0.6 is 11.3 Å². The predicted octanol–water partition coefficient (Wildman–Crippen LogP) is 2.92. The minimum Gasteiger partial charge on any atom is -0.306 e. The van der Waals surface area contributed by atoms with Gasteiger partial charge >= 0.3 is 5.69 Å². The number of fused-ring (bicyclic) bond motifs is 1. The van der Waals surface area contributed by atoms with Crippen molar-refractivity contribution in [2.24, 2.45) is 0 Å². The number of hydrogen-bond donors (Lipinski definition) is 1. The Labute approximate surface area is 125 Å². The topological polar surface area (TPSA) is 54.9 Å². The monoisotopic (exact) mass is 300 g/mol. The summed E-state index contributed by atoms with van der Waals surface area (Å²) in [5.74, 6) is 0.341. The Morgan fingerprint density at radius 1 is 1.19 bits per heavy atom. The molecule has 2 heterocycles. The quantitative estimate of drug-likeness (QED) is 0.808. The molecule has 0 radical (unpaired) electrons. The van der Waals surface area contributed by atoms with E-state index in [0.29, 0.717) is 22.7 Å². The van der Waals surface area contributed by atoms with E-state index in [9.17, 15) is 9.59 Å². The van der Waals surface area contributed by atoms with Crippen molar-refractivity contribution in [2.75, 3.05) is 0 Å². The number of rotatable bonds is 3. The van der Waals surface area contributed by atoms with E-state index < -0.39 is 0 Å². The number of hydrogen-bond acceptors (Lipinski definition) is 3. The Morgan fingerprint density at radius 3 is 2.57 bits per heavy atom. The molecule has 2 aromatic heterocycles. The van der Waals surface area contributed by atoms with Crippen LogP contribution in [0.25, 0.3) is 10.2 Å². The molecule has 1 N–H and O–H groups in total. The van der Waals surface area contributed by atoms with Crippen molar-refractivity contribution < 1.29 is 0 Å². The van der Waals surface area contributed by atoms with Gasteiger partial charge in [-0.2, -0.15) is 0 Å². The molecule has 3 rings (SSSR count). The first-order chi connectivity index (χ1) is 10.1. The molecule has 21 heavy (non-hydrogen) atoms. The second kappa shape index (κ2) is 5.33. The SMILES string of the molecule is CC(C)c1cc2[nH]c(=O)n(Cc3ccccc3)c(=O)c2s1. The number of nitrogens with zero attached hydrogens (tertiary/aromatic N) is 1. The van der Waals surface area contributed by atoms with Crippen LogP contribution in [0.5, 0.6) is 0 Å². The summed E-state index contributed by atoms with van der Waals surface area (Å²) in [5, 5.41) is 0. The molecule has 5 heteroatoms. The van der Waals surface area contributed by atoms with Gasteiger partial charge in [-0.3, -0.25) is 9.36 Å². The first-order valence-electron chi connectivity index (χ1n) is 6.86. The van der Waals surface area contributed by atoms with Gasteiger partial charge in [0.2, 0.25) is 0 Å². The van der Waals surface area contributed by atoms with Gasteiger partial charge in [0.1, 0.15) is 4.70 Å². The van der Waals surface area contributed by atoms with Crippen LogP contribution in [0.15, 0.2) is 46.0 Å². The summed E-state index contributed by atoms with van der Waals surface area (Å²) in [6, 6.07) is 11.4. The van der Waals surface area contributed by atoms with Crippen molar-refractivity contribution in [2.45, 2.75) is 26.3 Å². The summed E-state index contributed by atoms with van der Waals surface area (Å²) < 4.78 is 1.88. The fraction of sp³-hybridized carbons (Fsp3) is 0.250. The first-order valence-corrected chi connectivity index (χ1v) is 7.68. The van der Waals surface area contributed by atoms with E-state index in [1.165, 1.54) is 15.9 Å². The van der Waals surface area contributed by atoms with Gasteiger partial charge < -0.3 is 4.98 Å². The van der Waals surface area contributed by atoms with Crippen molar-refractivity contribution in [1.82, 2.24) is 9.55 Å². The molecule has 0 unspecified atom stereocenters. The summed E-state index contributed by atoms with van der Waals surface area (Å²) in [5.41, 5.74) is 1.01. The molecule has 0 fully saturated rings. The average Bonchev–Trinajstić information content (AvgIpc) is 2.89. The minimum absolute atomic E-state index is 0.213. The number of thiophene rings is 1. The molecule has 0 aliphatic carbocycles. The molecule has 0 amide bonds. The zero-order valence-electron chi connectivity index (χ0n) is 11.9. The van der Waals surface area contributed by atoms with E-state index in [4.69, 9.17) is 0 Å². The van der Waals surface area contributed by atoms with Crippen LogP contribution in [0.2, 0.25) is 0 Å².